The molecule has 0 aromatic rings. The molecule has 25 heavy (non-hydrogen) atoms. The fourth-order valence-corrected chi connectivity index (χ4v) is 5.61. The highest BCUT2D eigenvalue weighted by Crippen LogP contribution is 2.62. The Labute approximate surface area is 151 Å². The second-order valence-electron chi connectivity index (χ2n) is 8.44. The van der Waals surface area contributed by atoms with Gasteiger partial charge in [0.15, 0.2) is 0 Å². The zero-order valence-electron chi connectivity index (χ0n) is 16.1. The Morgan fingerprint density at radius 2 is 2.04 bits per heavy atom. The van der Waals surface area contributed by atoms with Gasteiger partial charge in [0, 0.05) is 6.08 Å². The number of carbonyl (C=O) groups is 2. The number of hydrogen-bond acceptors (Lipinski definition) is 3. The average molecular weight is 348 g/mol. The molecule has 0 aromatic carbocycles. The van der Waals surface area contributed by atoms with Crippen molar-refractivity contribution < 1.29 is 19.4 Å². The molecule has 0 saturated heterocycles. The summed E-state index contributed by atoms with van der Waals surface area (Å²) in [5, 5.41) is 8.92. The lowest BCUT2D eigenvalue weighted by molar-refractivity contribution is -0.168. The Hall–Kier alpha value is -1.58. The van der Waals surface area contributed by atoms with Crippen molar-refractivity contribution in [1.82, 2.24) is 0 Å². The minimum atomic E-state index is -0.889. The Morgan fingerprint density at radius 3 is 2.64 bits per heavy atom. The standard InChI is InChI=1S/C21H32O4/c1-14(13-18(22)23)7-9-16-15(2)8-10-17-20(16,3)11-6-12-21(17,4)19(24)25-5/h13,16-17H,2,6-12H2,1,3-5H3,(H,22,23). The van der Waals surface area contributed by atoms with Crippen LogP contribution in [0.4, 0.5) is 0 Å². The van der Waals surface area contributed by atoms with Crippen LogP contribution in [-0.4, -0.2) is 24.2 Å². The van der Waals surface area contributed by atoms with Gasteiger partial charge in [0.2, 0.25) is 0 Å². The second-order valence-corrected chi connectivity index (χ2v) is 8.44. The lowest BCUT2D eigenvalue weighted by Gasteiger charge is -2.57. The topological polar surface area (TPSA) is 63.6 Å². The van der Waals surface area contributed by atoms with Gasteiger partial charge in [-0.25, -0.2) is 4.79 Å². The van der Waals surface area contributed by atoms with Crippen LogP contribution >= 0.6 is 0 Å². The van der Waals surface area contributed by atoms with E-state index in [-0.39, 0.29) is 11.4 Å². The number of methoxy groups -OCH3 is 1. The SMILES string of the molecule is C=C1CCC2C(C)(C(=O)OC)CCCC2(C)C1CCC(C)=CC(=O)O. The smallest absolute Gasteiger partial charge is 0.328 e. The van der Waals surface area contributed by atoms with Gasteiger partial charge < -0.3 is 9.84 Å². The van der Waals surface area contributed by atoms with E-state index in [1.165, 1.54) is 18.8 Å². The largest absolute Gasteiger partial charge is 0.478 e. The van der Waals surface area contributed by atoms with Crippen LogP contribution in [-0.2, 0) is 14.3 Å². The number of carboxylic acid groups (broad SMARTS) is 1. The zero-order chi connectivity index (χ0) is 18.8. The van der Waals surface area contributed by atoms with E-state index in [2.05, 4.69) is 20.4 Å². The van der Waals surface area contributed by atoms with Gasteiger partial charge >= 0.3 is 11.9 Å². The first-order valence-corrected chi connectivity index (χ1v) is 9.31. The van der Waals surface area contributed by atoms with Crippen LogP contribution in [0, 0.1) is 22.7 Å². The molecule has 1 N–H and O–H groups in total. The van der Waals surface area contributed by atoms with E-state index in [1.807, 2.05) is 6.92 Å². The van der Waals surface area contributed by atoms with Crippen molar-refractivity contribution in [2.24, 2.45) is 22.7 Å². The number of allylic oxidation sites excluding steroid dienone is 2. The normalized spacial score (nSPS) is 35.8. The lowest BCUT2D eigenvalue weighted by atomic mass is 9.46. The van der Waals surface area contributed by atoms with Gasteiger partial charge in [-0.05, 0) is 69.6 Å². The zero-order valence-corrected chi connectivity index (χ0v) is 16.1. The molecule has 0 aliphatic heterocycles. The molecule has 0 radical (unpaired) electrons. The minimum absolute atomic E-state index is 0.0278. The molecule has 4 atom stereocenters. The third-order valence-electron chi connectivity index (χ3n) is 6.87. The van der Waals surface area contributed by atoms with Crippen molar-refractivity contribution in [2.45, 2.75) is 65.7 Å². The molecule has 4 nitrogen and oxygen atoms in total. The molecule has 2 aliphatic carbocycles. The van der Waals surface area contributed by atoms with E-state index in [0.29, 0.717) is 11.8 Å². The van der Waals surface area contributed by atoms with Gasteiger partial charge in [-0.15, -0.1) is 0 Å². The van der Waals surface area contributed by atoms with Crippen molar-refractivity contribution >= 4 is 11.9 Å². The van der Waals surface area contributed by atoms with Crippen LogP contribution in [0.15, 0.2) is 23.8 Å². The summed E-state index contributed by atoms with van der Waals surface area (Å²) in [6.45, 7) is 10.6. The first-order valence-electron chi connectivity index (χ1n) is 9.31. The van der Waals surface area contributed by atoms with Crippen LogP contribution in [0.5, 0.6) is 0 Å². The highest BCUT2D eigenvalue weighted by molar-refractivity contribution is 5.80. The molecule has 4 unspecified atom stereocenters. The van der Waals surface area contributed by atoms with E-state index in [1.54, 1.807) is 0 Å². The van der Waals surface area contributed by atoms with Crippen molar-refractivity contribution in [3.05, 3.63) is 23.8 Å². The highest BCUT2D eigenvalue weighted by atomic mass is 16.5. The number of carbonyl (C=O) groups excluding carboxylic acids is 1. The molecule has 0 heterocycles. The van der Waals surface area contributed by atoms with Gasteiger partial charge in [-0.3, -0.25) is 4.79 Å². The van der Waals surface area contributed by atoms with Gasteiger partial charge in [0.05, 0.1) is 12.5 Å². The number of fused-ring (bicyclic) bond motifs is 1. The number of ether oxygens (including phenoxy) is 1. The lowest BCUT2D eigenvalue weighted by Crippen LogP contribution is -2.53. The van der Waals surface area contributed by atoms with E-state index >= 15 is 0 Å². The van der Waals surface area contributed by atoms with Gasteiger partial charge in [0.1, 0.15) is 0 Å². The van der Waals surface area contributed by atoms with Crippen LogP contribution in [0.25, 0.3) is 0 Å². The van der Waals surface area contributed by atoms with E-state index < -0.39 is 11.4 Å². The number of aliphatic carboxylic acids is 1. The number of esters is 1. The predicted octanol–water partition coefficient (Wildman–Crippen LogP) is 4.75. The molecule has 0 aromatic heterocycles. The molecule has 2 rings (SSSR count). The fourth-order valence-electron chi connectivity index (χ4n) is 5.61. The maximum absolute atomic E-state index is 12.5. The van der Waals surface area contributed by atoms with E-state index in [0.717, 1.165) is 50.5 Å². The third-order valence-corrected chi connectivity index (χ3v) is 6.87. The van der Waals surface area contributed by atoms with Crippen LogP contribution in [0.2, 0.25) is 0 Å². The Morgan fingerprint density at radius 1 is 1.36 bits per heavy atom. The first-order chi connectivity index (χ1) is 11.6. The Kier molecular flexibility index (Phi) is 5.80. The maximum Gasteiger partial charge on any atom is 0.328 e. The highest BCUT2D eigenvalue weighted by Gasteiger charge is 2.57. The van der Waals surface area contributed by atoms with Crippen molar-refractivity contribution in [1.29, 1.82) is 0 Å². The minimum Gasteiger partial charge on any atom is -0.478 e. The van der Waals surface area contributed by atoms with E-state index in [4.69, 9.17) is 9.84 Å². The van der Waals surface area contributed by atoms with Crippen LogP contribution in [0.3, 0.4) is 0 Å². The molecule has 0 spiro atoms. The summed E-state index contributed by atoms with van der Waals surface area (Å²) >= 11 is 0. The van der Waals surface area contributed by atoms with Gasteiger partial charge in [-0.2, -0.15) is 0 Å². The molecule has 0 bridgehead atoms. The molecular formula is C21H32O4. The number of rotatable bonds is 5. The Balaban J connectivity index is 2.27. The summed E-state index contributed by atoms with van der Waals surface area (Å²) in [5.41, 5.74) is 1.75. The van der Waals surface area contributed by atoms with Crippen molar-refractivity contribution in [3.8, 4) is 0 Å². The van der Waals surface area contributed by atoms with E-state index in [9.17, 15) is 9.59 Å². The molecule has 2 aliphatic rings. The molecule has 2 fully saturated rings. The summed E-state index contributed by atoms with van der Waals surface area (Å²) in [6, 6.07) is 0. The summed E-state index contributed by atoms with van der Waals surface area (Å²) < 4.78 is 5.15. The summed E-state index contributed by atoms with van der Waals surface area (Å²) in [6.07, 6.45) is 7.89. The molecule has 140 valence electrons. The van der Waals surface area contributed by atoms with Gasteiger partial charge in [0.25, 0.3) is 0 Å². The molecule has 4 heteroatoms. The molecule has 2 saturated carbocycles. The summed E-state index contributed by atoms with van der Waals surface area (Å²) in [7, 11) is 1.48. The average Bonchev–Trinajstić information content (AvgIpc) is 2.52. The van der Waals surface area contributed by atoms with Crippen LogP contribution < -0.4 is 0 Å². The van der Waals surface area contributed by atoms with Crippen molar-refractivity contribution in [3.63, 3.8) is 0 Å². The van der Waals surface area contributed by atoms with Crippen LogP contribution in [0.1, 0.15) is 65.7 Å². The number of hydrogen-bond donors (Lipinski definition) is 1. The third kappa shape index (κ3) is 3.68. The quantitative estimate of drug-likeness (QED) is 0.442. The first kappa shape index (κ1) is 19.7. The van der Waals surface area contributed by atoms with Gasteiger partial charge in [-0.1, -0.05) is 31.1 Å². The second kappa shape index (κ2) is 7.35. The summed E-state index contributed by atoms with van der Waals surface area (Å²) in [4.78, 5) is 23.4. The Bertz CT molecular complexity index is 591. The monoisotopic (exact) mass is 348 g/mol. The molecule has 0 amide bonds. The summed E-state index contributed by atoms with van der Waals surface area (Å²) in [5.74, 6) is -0.357. The molecular weight excluding hydrogens is 316 g/mol. The predicted molar refractivity (Wildman–Crippen MR) is 98.1 cm³/mol. The van der Waals surface area contributed by atoms with Crippen molar-refractivity contribution in [2.75, 3.05) is 7.11 Å². The fraction of sp³-hybridized carbons (Fsp3) is 0.714. The maximum atomic E-state index is 12.5. The number of carboxylic acids is 1.